The number of nitrogens with one attached hydrogen (secondary N) is 3. The van der Waals surface area contributed by atoms with Gasteiger partial charge in [-0.1, -0.05) is 11.6 Å². The molecule has 1 aliphatic carbocycles. The third-order valence-electron chi connectivity index (χ3n) is 4.84. The summed E-state index contributed by atoms with van der Waals surface area (Å²) in [6.07, 6.45) is 5.15. The van der Waals surface area contributed by atoms with Crippen LogP contribution in [0.4, 0.5) is 10.2 Å². The van der Waals surface area contributed by atoms with Crippen molar-refractivity contribution in [3.8, 4) is 5.88 Å². The molecule has 0 amide bonds. The van der Waals surface area contributed by atoms with Gasteiger partial charge in [-0.15, -0.1) is 0 Å². The maximum Gasteiger partial charge on any atom is 0.326 e. The molecule has 4 N–H and O–H groups in total. The molecule has 1 fully saturated rings. The fourth-order valence-corrected chi connectivity index (χ4v) is 3.35. The van der Waals surface area contributed by atoms with Gasteiger partial charge < -0.3 is 15.4 Å². The van der Waals surface area contributed by atoms with E-state index >= 15 is 0 Å². The van der Waals surface area contributed by atoms with Gasteiger partial charge in [0, 0.05) is 28.4 Å². The minimum absolute atomic E-state index is 0.178. The van der Waals surface area contributed by atoms with E-state index in [0.29, 0.717) is 32.8 Å². The van der Waals surface area contributed by atoms with Crippen LogP contribution in [0.15, 0.2) is 40.2 Å². The molecule has 0 aliphatic heterocycles. The molecule has 0 unspecified atom stereocenters. The summed E-state index contributed by atoms with van der Waals surface area (Å²) in [5.41, 5.74) is 1.17. The Bertz CT molecular complexity index is 1470. The van der Waals surface area contributed by atoms with Crippen LogP contribution >= 0.6 is 11.6 Å². The van der Waals surface area contributed by atoms with E-state index in [1.54, 1.807) is 28.9 Å². The van der Waals surface area contributed by atoms with E-state index < -0.39 is 5.69 Å². The monoisotopic (exact) mass is 441 g/mol. The van der Waals surface area contributed by atoms with Crippen LogP contribution in [0.2, 0.25) is 5.02 Å². The Hall–Kier alpha value is -3.66. The van der Waals surface area contributed by atoms with Gasteiger partial charge in [-0.3, -0.25) is 9.98 Å². The lowest BCUT2D eigenvalue weighted by Crippen LogP contribution is -2.20. The van der Waals surface area contributed by atoms with E-state index in [-0.39, 0.29) is 30.0 Å². The zero-order chi connectivity index (χ0) is 21.5. The third-order valence-corrected chi connectivity index (χ3v) is 5.08. The zero-order valence-electron chi connectivity index (χ0n) is 16.1. The average molecular weight is 442 g/mol. The Morgan fingerprint density at radius 3 is 2.94 bits per heavy atom. The molecule has 0 radical (unpaired) electrons. The predicted molar refractivity (Wildman–Crippen MR) is 112 cm³/mol. The summed E-state index contributed by atoms with van der Waals surface area (Å²) in [7, 11) is 0. The molecule has 1 aliphatic rings. The van der Waals surface area contributed by atoms with E-state index in [9.17, 15) is 14.3 Å². The number of hydrogen-bond acceptors (Lipinski definition) is 6. The lowest BCUT2D eigenvalue weighted by molar-refractivity contribution is 0.454. The second kappa shape index (κ2) is 7.55. The van der Waals surface area contributed by atoms with Gasteiger partial charge in [0.15, 0.2) is 11.1 Å². The van der Waals surface area contributed by atoms with Crippen molar-refractivity contribution in [2.75, 3.05) is 5.32 Å². The Kier molecular flexibility index (Phi) is 4.70. The van der Waals surface area contributed by atoms with Crippen molar-refractivity contribution >= 4 is 29.1 Å². The minimum atomic E-state index is -0.525. The van der Waals surface area contributed by atoms with Gasteiger partial charge >= 0.3 is 5.69 Å². The van der Waals surface area contributed by atoms with Gasteiger partial charge in [-0.2, -0.15) is 9.61 Å². The van der Waals surface area contributed by atoms with Crippen LogP contribution < -0.4 is 21.7 Å². The highest BCUT2D eigenvalue weighted by molar-refractivity contribution is 6.30. The van der Waals surface area contributed by atoms with Crippen molar-refractivity contribution in [1.29, 1.82) is 0 Å². The number of benzene rings is 1. The van der Waals surface area contributed by atoms with Crippen LogP contribution in [0.1, 0.15) is 24.1 Å². The molecular formula is C20H17ClFN7O2. The zero-order valence-corrected chi connectivity index (χ0v) is 16.8. The molecular weight excluding hydrogens is 425 g/mol. The van der Waals surface area contributed by atoms with Crippen molar-refractivity contribution in [3.63, 3.8) is 0 Å². The largest absolute Gasteiger partial charge is 0.493 e. The van der Waals surface area contributed by atoms with Crippen molar-refractivity contribution in [2.45, 2.75) is 25.4 Å². The first kappa shape index (κ1) is 19.3. The predicted octanol–water partition coefficient (Wildman–Crippen LogP) is 1.47. The number of hydrogen-bond donors (Lipinski definition) is 4. The smallest absolute Gasteiger partial charge is 0.326 e. The fourth-order valence-electron chi connectivity index (χ4n) is 3.15. The molecule has 158 valence electrons. The fraction of sp³-hybridized carbons (Fsp3) is 0.200. The van der Waals surface area contributed by atoms with E-state index in [1.807, 2.05) is 0 Å². The summed E-state index contributed by atoms with van der Waals surface area (Å²) >= 11 is 5.97. The number of halogens is 2. The first-order valence-electron chi connectivity index (χ1n) is 9.60. The molecule has 3 aromatic heterocycles. The lowest BCUT2D eigenvalue weighted by atomic mass is 10.2. The first-order chi connectivity index (χ1) is 15.0. The molecule has 4 aromatic rings. The van der Waals surface area contributed by atoms with Crippen LogP contribution in [-0.4, -0.2) is 35.7 Å². The van der Waals surface area contributed by atoms with Crippen LogP contribution in [0.25, 0.3) is 11.7 Å². The molecule has 0 bridgehead atoms. The van der Waals surface area contributed by atoms with Crippen molar-refractivity contribution < 1.29 is 9.50 Å². The van der Waals surface area contributed by atoms with Gasteiger partial charge in [0.05, 0.1) is 12.2 Å². The molecule has 11 heteroatoms. The topological polar surface area (TPSA) is 123 Å². The second-order valence-corrected chi connectivity index (χ2v) is 7.71. The number of aromatic nitrogens is 5. The number of anilines is 1. The van der Waals surface area contributed by atoms with Gasteiger partial charge in [0.1, 0.15) is 17.3 Å². The molecule has 0 spiro atoms. The molecule has 1 saturated carbocycles. The van der Waals surface area contributed by atoms with Gasteiger partial charge in [-0.05, 0) is 37.1 Å². The highest BCUT2D eigenvalue weighted by Crippen LogP contribution is 2.22. The van der Waals surface area contributed by atoms with E-state index in [1.165, 1.54) is 12.1 Å². The molecule has 1 aromatic carbocycles. The van der Waals surface area contributed by atoms with Crippen LogP contribution in [0, 0.1) is 5.82 Å². The molecule has 31 heavy (non-hydrogen) atoms. The van der Waals surface area contributed by atoms with Gasteiger partial charge in [-0.25, -0.2) is 14.2 Å². The van der Waals surface area contributed by atoms with Gasteiger partial charge in [0.2, 0.25) is 5.88 Å². The highest BCUT2D eigenvalue weighted by Gasteiger charge is 2.20. The molecule has 0 atom stereocenters. The number of aromatic amines is 2. The standard InChI is InChI=1S/C20H17ClFN7O2/c21-12-1-4-14(22)10(5-12)8-23-16-7-17(25-13-2-3-13)29-18(27-16)11(9-24-29)6-15-19(30)28-20(31)26-15/h1,4-7,9,13,23,30H,2-3,8H2,(H2,26,28,31)/b11-6-,25-17?. The summed E-state index contributed by atoms with van der Waals surface area (Å²) in [5.74, 6) is -0.169. The number of aromatic hydroxyl groups is 1. The molecule has 0 saturated heterocycles. The van der Waals surface area contributed by atoms with Crippen molar-refractivity contribution in [2.24, 2.45) is 4.99 Å². The number of rotatable bonds is 5. The Morgan fingerprint density at radius 1 is 1.35 bits per heavy atom. The Morgan fingerprint density at radius 2 is 2.19 bits per heavy atom. The number of nitrogens with zero attached hydrogens (tertiary/aromatic N) is 4. The summed E-state index contributed by atoms with van der Waals surface area (Å²) < 4.78 is 15.7. The summed E-state index contributed by atoms with van der Waals surface area (Å²) in [6.45, 7) is 0.178. The quantitative estimate of drug-likeness (QED) is 0.373. The normalized spacial score (nSPS) is 15.2. The summed E-state index contributed by atoms with van der Waals surface area (Å²) in [6, 6.07) is 6.36. The van der Waals surface area contributed by atoms with Crippen LogP contribution in [0.3, 0.4) is 0 Å². The third kappa shape index (κ3) is 4.02. The Labute approximate surface area is 178 Å². The maximum atomic E-state index is 14.1. The highest BCUT2D eigenvalue weighted by atomic mass is 35.5. The van der Waals surface area contributed by atoms with Crippen LogP contribution in [-0.2, 0) is 6.54 Å². The second-order valence-electron chi connectivity index (χ2n) is 7.27. The molecule has 5 rings (SSSR count). The summed E-state index contributed by atoms with van der Waals surface area (Å²) in [5, 5.41) is 18.3. The SMILES string of the molecule is O=c1[nH]c(O)c(/C=c2/cnn3c(=NC4CC4)cc(NCc4cc(Cl)ccc4F)nc23)[nH]1. The number of fused-ring (bicyclic) bond motifs is 1. The van der Waals surface area contributed by atoms with E-state index in [2.05, 4.69) is 30.4 Å². The van der Waals surface area contributed by atoms with Crippen molar-refractivity contribution in [1.82, 2.24) is 24.6 Å². The van der Waals surface area contributed by atoms with Crippen molar-refractivity contribution in [3.05, 3.63) is 73.8 Å². The molecule has 9 nitrogen and oxygen atoms in total. The van der Waals surface area contributed by atoms with Crippen LogP contribution in [0.5, 0.6) is 5.88 Å². The minimum Gasteiger partial charge on any atom is -0.493 e. The van der Waals surface area contributed by atoms with E-state index in [0.717, 1.165) is 12.8 Å². The van der Waals surface area contributed by atoms with E-state index in [4.69, 9.17) is 11.6 Å². The first-order valence-corrected chi connectivity index (χ1v) is 9.97. The summed E-state index contributed by atoms with van der Waals surface area (Å²) in [4.78, 5) is 25.5. The number of imidazole rings is 1. The average Bonchev–Trinajstić information content (AvgIpc) is 3.37. The maximum absolute atomic E-state index is 14.1. The number of H-pyrrole nitrogens is 2. The Balaban J connectivity index is 1.59. The van der Waals surface area contributed by atoms with Gasteiger partial charge in [0.25, 0.3) is 0 Å². The molecule has 3 heterocycles. The lowest BCUT2D eigenvalue weighted by Gasteiger charge is -2.08.